The van der Waals surface area contributed by atoms with E-state index in [9.17, 15) is 0 Å². The summed E-state index contributed by atoms with van der Waals surface area (Å²) in [5, 5.41) is 0. The number of allylic oxidation sites excluding steroid dienone is 2. The van der Waals surface area contributed by atoms with Crippen molar-refractivity contribution in [3.63, 3.8) is 0 Å². The molecule has 0 aromatic carbocycles. The summed E-state index contributed by atoms with van der Waals surface area (Å²) in [7, 11) is 0. The van der Waals surface area contributed by atoms with Crippen LogP contribution < -0.4 is 0 Å². The molecule has 0 fully saturated rings. The van der Waals surface area contributed by atoms with Gasteiger partial charge in [0.2, 0.25) is 0 Å². The van der Waals surface area contributed by atoms with Gasteiger partial charge in [0.1, 0.15) is 0 Å². The van der Waals surface area contributed by atoms with Gasteiger partial charge in [-0.1, -0.05) is 31.4 Å². The number of unbranched alkanes of at least 4 members (excludes halogenated alkanes) is 2. The van der Waals surface area contributed by atoms with E-state index in [1.807, 2.05) is 0 Å². The highest BCUT2D eigenvalue weighted by Crippen LogP contribution is 2.21. The Morgan fingerprint density at radius 1 is 1.27 bits per heavy atom. The number of rotatable bonds is 4. The number of hydrogen-bond acceptors (Lipinski definition) is 0. The Balaban J connectivity index is 2.09. The van der Waals surface area contributed by atoms with Gasteiger partial charge >= 0.3 is 0 Å². The van der Waals surface area contributed by atoms with Gasteiger partial charge in [0.05, 0.1) is 0 Å². The van der Waals surface area contributed by atoms with Crippen LogP contribution >= 0.6 is 0 Å². The van der Waals surface area contributed by atoms with Crippen molar-refractivity contribution in [2.75, 3.05) is 0 Å². The fourth-order valence-corrected chi connectivity index (χ4v) is 1.73. The molecule has 0 saturated carbocycles. The summed E-state index contributed by atoms with van der Waals surface area (Å²) < 4.78 is 0. The Morgan fingerprint density at radius 3 is 2.82 bits per heavy atom. The third kappa shape index (κ3) is 3.60. The van der Waals surface area contributed by atoms with Crippen LogP contribution in [0.25, 0.3) is 0 Å². The SMILES string of the molecule is CCCCCC1=CCCCC1. The molecule has 0 saturated heterocycles. The van der Waals surface area contributed by atoms with Gasteiger partial charge in [-0.15, -0.1) is 0 Å². The molecule has 1 rings (SSSR count). The maximum absolute atomic E-state index is 2.47. The van der Waals surface area contributed by atoms with E-state index >= 15 is 0 Å². The smallest absolute Gasteiger partial charge is 0.0320 e. The summed E-state index contributed by atoms with van der Waals surface area (Å²) in [6.45, 7) is 2.27. The molecule has 0 spiro atoms. The fraction of sp³-hybridized carbons (Fsp3) is 0.818. The van der Waals surface area contributed by atoms with Gasteiger partial charge < -0.3 is 0 Å². The lowest BCUT2D eigenvalue weighted by Crippen LogP contribution is -1.91. The molecule has 0 aliphatic heterocycles. The van der Waals surface area contributed by atoms with Crippen LogP contribution in [-0.4, -0.2) is 0 Å². The molecule has 0 heteroatoms. The molecule has 0 nitrogen and oxygen atoms in total. The molecule has 0 bridgehead atoms. The van der Waals surface area contributed by atoms with E-state index in [1.54, 1.807) is 5.57 Å². The van der Waals surface area contributed by atoms with Crippen molar-refractivity contribution in [3.05, 3.63) is 11.6 Å². The molecule has 0 aromatic rings. The summed E-state index contributed by atoms with van der Waals surface area (Å²) in [4.78, 5) is 0. The third-order valence-corrected chi connectivity index (χ3v) is 2.49. The normalized spacial score (nSPS) is 18.1. The molecular weight excluding hydrogens is 132 g/mol. The molecule has 64 valence electrons. The first kappa shape index (κ1) is 8.83. The molecule has 1 aliphatic carbocycles. The van der Waals surface area contributed by atoms with Crippen molar-refractivity contribution >= 4 is 0 Å². The van der Waals surface area contributed by atoms with Crippen molar-refractivity contribution in [2.24, 2.45) is 0 Å². The van der Waals surface area contributed by atoms with Gasteiger partial charge in [-0.3, -0.25) is 0 Å². The molecule has 0 unspecified atom stereocenters. The van der Waals surface area contributed by atoms with Gasteiger partial charge in [0, 0.05) is 0 Å². The van der Waals surface area contributed by atoms with Gasteiger partial charge in [0.25, 0.3) is 0 Å². The fourth-order valence-electron chi connectivity index (χ4n) is 1.73. The predicted octanol–water partition coefficient (Wildman–Crippen LogP) is 4.07. The van der Waals surface area contributed by atoms with E-state index < -0.39 is 0 Å². The molecule has 1 aliphatic rings. The van der Waals surface area contributed by atoms with Crippen LogP contribution in [-0.2, 0) is 0 Å². The van der Waals surface area contributed by atoms with Crippen molar-refractivity contribution in [1.29, 1.82) is 0 Å². The minimum atomic E-state index is 1.35. The topological polar surface area (TPSA) is 0 Å². The Kier molecular flexibility index (Phi) is 4.33. The highest BCUT2D eigenvalue weighted by molar-refractivity contribution is 5.04. The molecule has 0 N–H and O–H groups in total. The van der Waals surface area contributed by atoms with Crippen molar-refractivity contribution in [3.8, 4) is 0 Å². The molecule has 0 aromatic heterocycles. The van der Waals surface area contributed by atoms with Crippen molar-refractivity contribution in [1.82, 2.24) is 0 Å². The average molecular weight is 152 g/mol. The van der Waals surface area contributed by atoms with E-state index in [0.717, 1.165) is 0 Å². The Labute approximate surface area is 70.7 Å². The maximum Gasteiger partial charge on any atom is -0.0320 e. The van der Waals surface area contributed by atoms with Crippen molar-refractivity contribution < 1.29 is 0 Å². The van der Waals surface area contributed by atoms with E-state index in [2.05, 4.69) is 13.0 Å². The molecule has 0 amide bonds. The summed E-state index contributed by atoms with van der Waals surface area (Å²) in [6.07, 6.45) is 13.7. The van der Waals surface area contributed by atoms with Crippen LogP contribution in [0.4, 0.5) is 0 Å². The van der Waals surface area contributed by atoms with E-state index in [-0.39, 0.29) is 0 Å². The van der Waals surface area contributed by atoms with Crippen LogP contribution in [0.3, 0.4) is 0 Å². The molecule has 11 heavy (non-hydrogen) atoms. The lowest BCUT2D eigenvalue weighted by Gasteiger charge is -2.11. The standard InChI is InChI=1S/C11H20/c1-2-3-5-8-11-9-6-4-7-10-11/h9H,2-8,10H2,1H3. The molecule has 0 heterocycles. The van der Waals surface area contributed by atoms with Gasteiger partial charge in [0.15, 0.2) is 0 Å². The Morgan fingerprint density at radius 2 is 2.18 bits per heavy atom. The predicted molar refractivity (Wildman–Crippen MR) is 50.7 cm³/mol. The first-order chi connectivity index (χ1) is 5.43. The lowest BCUT2D eigenvalue weighted by molar-refractivity contribution is 0.639. The van der Waals surface area contributed by atoms with Crippen LogP contribution in [0.5, 0.6) is 0 Å². The lowest BCUT2D eigenvalue weighted by atomic mass is 9.95. The molecule has 0 atom stereocenters. The minimum Gasteiger partial charge on any atom is -0.0853 e. The zero-order valence-corrected chi connectivity index (χ0v) is 7.73. The second-order valence-corrected chi connectivity index (χ2v) is 3.57. The summed E-state index contributed by atoms with van der Waals surface area (Å²) in [6, 6.07) is 0. The zero-order valence-electron chi connectivity index (χ0n) is 7.73. The van der Waals surface area contributed by atoms with Gasteiger partial charge in [-0.05, 0) is 38.5 Å². The highest BCUT2D eigenvalue weighted by atomic mass is 14.1. The highest BCUT2D eigenvalue weighted by Gasteiger charge is 2.01. The quantitative estimate of drug-likeness (QED) is 0.421. The summed E-state index contributed by atoms with van der Waals surface area (Å²) >= 11 is 0. The van der Waals surface area contributed by atoms with Crippen LogP contribution in [0.1, 0.15) is 58.3 Å². The third-order valence-electron chi connectivity index (χ3n) is 2.49. The van der Waals surface area contributed by atoms with Gasteiger partial charge in [-0.2, -0.15) is 0 Å². The first-order valence-corrected chi connectivity index (χ1v) is 5.11. The second kappa shape index (κ2) is 5.40. The Bertz CT molecular complexity index is 122. The minimum absolute atomic E-state index is 1.35. The van der Waals surface area contributed by atoms with E-state index in [4.69, 9.17) is 0 Å². The zero-order chi connectivity index (χ0) is 7.94. The molecular formula is C11H20. The first-order valence-electron chi connectivity index (χ1n) is 5.11. The van der Waals surface area contributed by atoms with Crippen LogP contribution in [0.2, 0.25) is 0 Å². The maximum atomic E-state index is 2.47. The summed E-state index contributed by atoms with van der Waals surface area (Å²) in [5.74, 6) is 0. The largest absolute Gasteiger partial charge is 0.0853 e. The van der Waals surface area contributed by atoms with E-state index in [0.29, 0.717) is 0 Å². The second-order valence-electron chi connectivity index (χ2n) is 3.57. The van der Waals surface area contributed by atoms with Gasteiger partial charge in [-0.25, -0.2) is 0 Å². The number of hydrogen-bond donors (Lipinski definition) is 0. The monoisotopic (exact) mass is 152 g/mol. The van der Waals surface area contributed by atoms with Crippen LogP contribution in [0, 0.1) is 0 Å². The summed E-state index contributed by atoms with van der Waals surface area (Å²) in [5.41, 5.74) is 1.74. The van der Waals surface area contributed by atoms with E-state index in [1.165, 1.54) is 51.4 Å². The Hall–Kier alpha value is -0.260. The average Bonchev–Trinajstić information content (AvgIpc) is 2.07. The molecule has 0 radical (unpaired) electrons. The van der Waals surface area contributed by atoms with Crippen LogP contribution in [0.15, 0.2) is 11.6 Å². The van der Waals surface area contributed by atoms with Crippen molar-refractivity contribution in [2.45, 2.75) is 58.3 Å².